The van der Waals surface area contributed by atoms with Crippen molar-refractivity contribution in [3.05, 3.63) is 34.9 Å². The molecule has 0 fully saturated rings. The van der Waals surface area contributed by atoms with Gasteiger partial charge in [0.25, 0.3) is 0 Å². The molecule has 1 aromatic carbocycles. The van der Waals surface area contributed by atoms with Gasteiger partial charge in [0.1, 0.15) is 0 Å². The fraction of sp³-hybridized carbons (Fsp3) is 0.533. The first-order valence-electron chi connectivity index (χ1n) is 6.47. The van der Waals surface area contributed by atoms with Gasteiger partial charge in [-0.15, -0.1) is 0 Å². The number of esters is 1. The van der Waals surface area contributed by atoms with E-state index in [2.05, 4.69) is 42.1 Å². The van der Waals surface area contributed by atoms with Crippen molar-refractivity contribution in [3.8, 4) is 0 Å². The van der Waals surface area contributed by atoms with Gasteiger partial charge in [-0.05, 0) is 26.5 Å². The van der Waals surface area contributed by atoms with Crippen LogP contribution in [0.15, 0.2) is 18.2 Å². The highest BCUT2D eigenvalue weighted by Gasteiger charge is 2.10. The highest BCUT2D eigenvalue weighted by atomic mass is 32.2. The summed E-state index contributed by atoms with van der Waals surface area (Å²) >= 11 is 1.77. The maximum absolute atomic E-state index is 11.0. The maximum Gasteiger partial charge on any atom is 0.306 e. The molecule has 1 rings (SSSR count). The standard InChI is InChI=1S/C15H23NO2S/c1-11-7-12(2)9-13(8-11)14(16-3)10-19-6-5-15(17)18-4/h7-9,14,16H,5-6,10H2,1-4H3. The second-order valence-corrected chi connectivity index (χ2v) is 5.81. The zero-order valence-electron chi connectivity index (χ0n) is 12.2. The molecule has 0 aliphatic heterocycles. The molecule has 4 heteroatoms. The zero-order valence-corrected chi connectivity index (χ0v) is 13.0. The van der Waals surface area contributed by atoms with Gasteiger partial charge in [0.05, 0.1) is 13.5 Å². The molecule has 19 heavy (non-hydrogen) atoms. The summed E-state index contributed by atoms with van der Waals surface area (Å²) in [6, 6.07) is 6.94. The molecule has 0 spiro atoms. The fourth-order valence-corrected chi connectivity index (χ4v) is 3.09. The van der Waals surface area contributed by atoms with Gasteiger partial charge in [0.15, 0.2) is 0 Å². The Labute approximate surface area is 120 Å². The average molecular weight is 281 g/mol. The molecular formula is C15H23NO2S. The van der Waals surface area contributed by atoms with E-state index in [0.29, 0.717) is 12.5 Å². The van der Waals surface area contributed by atoms with Crippen LogP contribution in [0.1, 0.15) is 29.2 Å². The summed E-state index contributed by atoms with van der Waals surface area (Å²) in [5, 5.41) is 3.34. The van der Waals surface area contributed by atoms with E-state index in [1.165, 1.54) is 23.8 Å². The summed E-state index contributed by atoms with van der Waals surface area (Å²) in [5.74, 6) is 1.62. The van der Waals surface area contributed by atoms with Crippen molar-refractivity contribution in [1.29, 1.82) is 0 Å². The third-order valence-corrected chi connectivity index (χ3v) is 4.02. The Bertz CT molecular complexity index is 400. The smallest absolute Gasteiger partial charge is 0.306 e. The van der Waals surface area contributed by atoms with Gasteiger partial charge < -0.3 is 10.1 Å². The summed E-state index contributed by atoms with van der Waals surface area (Å²) in [6.07, 6.45) is 0.477. The number of rotatable bonds is 7. The molecule has 1 unspecified atom stereocenters. The molecule has 0 radical (unpaired) electrons. The Hall–Kier alpha value is -1.00. The molecule has 3 nitrogen and oxygen atoms in total. The number of carbonyl (C=O) groups excluding carboxylic acids is 1. The van der Waals surface area contributed by atoms with Crippen LogP contribution in [-0.4, -0.2) is 31.6 Å². The number of thioether (sulfide) groups is 1. The minimum atomic E-state index is -0.139. The van der Waals surface area contributed by atoms with E-state index in [1.54, 1.807) is 11.8 Å². The van der Waals surface area contributed by atoms with E-state index in [0.717, 1.165) is 11.5 Å². The van der Waals surface area contributed by atoms with Gasteiger partial charge in [-0.3, -0.25) is 4.79 Å². The lowest BCUT2D eigenvalue weighted by Crippen LogP contribution is -2.19. The summed E-state index contributed by atoms with van der Waals surface area (Å²) in [5.41, 5.74) is 3.88. The summed E-state index contributed by atoms with van der Waals surface area (Å²) in [4.78, 5) is 11.0. The highest BCUT2D eigenvalue weighted by molar-refractivity contribution is 7.99. The van der Waals surface area contributed by atoms with Crippen molar-refractivity contribution >= 4 is 17.7 Å². The fourth-order valence-electron chi connectivity index (χ4n) is 2.02. The Morgan fingerprint density at radius 3 is 2.47 bits per heavy atom. The monoisotopic (exact) mass is 281 g/mol. The summed E-state index contributed by atoms with van der Waals surface area (Å²) in [6.45, 7) is 4.24. The minimum Gasteiger partial charge on any atom is -0.469 e. The molecule has 0 aliphatic carbocycles. The average Bonchev–Trinajstić information content (AvgIpc) is 2.37. The second-order valence-electron chi connectivity index (χ2n) is 4.66. The maximum atomic E-state index is 11.0. The lowest BCUT2D eigenvalue weighted by Gasteiger charge is -2.17. The van der Waals surface area contributed by atoms with Gasteiger partial charge in [-0.1, -0.05) is 29.3 Å². The van der Waals surface area contributed by atoms with Crippen LogP contribution in [0.2, 0.25) is 0 Å². The molecular weight excluding hydrogens is 258 g/mol. The van der Waals surface area contributed by atoms with E-state index in [-0.39, 0.29) is 5.97 Å². The van der Waals surface area contributed by atoms with Gasteiger partial charge in [-0.25, -0.2) is 0 Å². The lowest BCUT2D eigenvalue weighted by atomic mass is 10.0. The summed E-state index contributed by atoms with van der Waals surface area (Å²) in [7, 11) is 3.40. The van der Waals surface area contributed by atoms with E-state index in [9.17, 15) is 4.79 Å². The van der Waals surface area contributed by atoms with Crippen LogP contribution >= 0.6 is 11.8 Å². The molecule has 106 valence electrons. The van der Waals surface area contributed by atoms with Gasteiger partial charge in [0.2, 0.25) is 0 Å². The van der Waals surface area contributed by atoms with Gasteiger partial charge >= 0.3 is 5.97 Å². The molecule has 0 heterocycles. The SMILES string of the molecule is CNC(CSCCC(=O)OC)c1cc(C)cc(C)c1. The van der Waals surface area contributed by atoms with Crippen molar-refractivity contribution in [1.82, 2.24) is 5.32 Å². The molecule has 0 bridgehead atoms. The number of hydrogen-bond donors (Lipinski definition) is 1. The van der Waals surface area contributed by atoms with Crippen molar-refractivity contribution in [3.63, 3.8) is 0 Å². The van der Waals surface area contributed by atoms with Crippen LogP contribution in [0.5, 0.6) is 0 Å². The van der Waals surface area contributed by atoms with Crippen LogP contribution in [0, 0.1) is 13.8 Å². The third-order valence-electron chi connectivity index (χ3n) is 2.96. The van der Waals surface area contributed by atoms with Gasteiger partial charge in [0, 0.05) is 17.5 Å². The van der Waals surface area contributed by atoms with Gasteiger partial charge in [-0.2, -0.15) is 11.8 Å². The first kappa shape index (κ1) is 16.1. The third kappa shape index (κ3) is 5.66. The van der Waals surface area contributed by atoms with Crippen LogP contribution in [0.25, 0.3) is 0 Å². The Morgan fingerprint density at radius 1 is 1.32 bits per heavy atom. The van der Waals surface area contributed by atoms with E-state index in [4.69, 9.17) is 0 Å². The van der Waals surface area contributed by atoms with Crippen molar-refractivity contribution in [2.24, 2.45) is 0 Å². The number of methoxy groups -OCH3 is 1. The molecule has 0 aliphatic rings. The number of hydrogen-bond acceptors (Lipinski definition) is 4. The first-order valence-corrected chi connectivity index (χ1v) is 7.62. The van der Waals surface area contributed by atoms with Crippen LogP contribution in [0.3, 0.4) is 0 Å². The topological polar surface area (TPSA) is 38.3 Å². The molecule has 1 aromatic rings. The van der Waals surface area contributed by atoms with Crippen LogP contribution < -0.4 is 5.32 Å². The van der Waals surface area contributed by atoms with Crippen molar-refractivity contribution < 1.29 is 9.53 Å². The van der Waals surface area contributed by atoms with E-state index in [1.807, 2.05) is 7.05 Å². The number of nitrogens with one attached hydrogen (secondary N) is 1. The molecule has 0 amide bonds. The number of ether oxygens (including phenoxy) is 1. The highest BCUT2D eigenvalue weighted by Crippen LogP contribution is 2.21. The van der Waals surface area contributed by atoms with E-state index >= 15 is 0 Å². The van der Waals surface area contributed by atoms with Crippen LogP contribution in [-0.2, 0) is 9.53 Å². The Kier molecular flexibility index (Phi) is 6.95. The van der Waals surface area contributed by atoms with E-state index < -0.39 is 0 Å². The Morgan fingerprint density at radius 2 is 1.95 bits per heavy atom. The van der Waals surface area contributed by atoms with Crippen molar-refractivity contribution in [2.75, 3.05) is 25.7 Å². The molecule has 0 aromatic heterocycles. The normalized spacial score (nSPS) is 12.2. The van der Waals surface area contributed by atoms with Crippen LogP contribution in [0.4, 0.5) is 0 Å². The lowest BCUT2D eigenvalue weighted by molar-refractivity contribution is -0.140. The quantitative estimate of drug-likeness (QED) is 0.616. The molecule has 1 N–H and O–H groups in total. The molecule has 1 atom stereocenters. The predicted molar refractivity (Wildman–Crippen MR) is 81.7 cm³/mol. The molecule has 0 saturated heterocycles. The zero-order chi connectivity index (χ0) is 14.3. The molecule has 0 saturated carbocycles. The number of aryl methyl sites for hydroxylation is 2. The van der Waals surface area contributed by atoms with Crippen molar-refractivity contribution in [2.45, 2.75) is 26.3 Å². The minimum absolute atomic E-state index is 0.139. The first-order chi connectivity index (χ1) is 9.06. The largest absolute Gasteiger partial charge is 0.469 e. The summed E-state index contributed by atoms with van der Waals surface area (Å²) < 4.78 is 4.63. The predicted octanol–water partition coefficient (Wildman–Crippen LogP) is 2.86. The second kappa shape index (κ2) is 8.23. The Balaban J connectivity index is 2.51. The number of carbonyl (C=O) groups is 1. The number of benzene rings is 1.